The molecule has 0 aliphatic rings. The number of hydrogen-bond acceptors (Lipinski definition) is 2. The average molecular weight is 304 g/mol. The quantitative estimate of drug-likeness (QED) is 0.814. The van der Waals surface area contributed by atoms with E-state index in [0.717, 1.165) is 11.3 Å². The Kier molecular flexibility index (Phi) is 3.88. The van der Waals surface area contributed by atoms with E-state index in [0.29, 0.717) is 5.56 Å². The summed E-state index contributed by atoms with van der Waals surface area (Å²) >= 11 is 0.843. The van der Waals surface area contributed by atoms with Gasteiger partial charge in [-0.1, -0.05) is 19.1 Å². The highest BCUT2D eigenvalue weighted by molar-refractivity contribution is 7.10. The van der Waals surface area contributed by atoms with Crippen molar-refractivity contribution in [2.24, 2.45) is 0 Å². The summed E-state index contributed by atoms with van der Waals surface area (Å²) < 4.78 is 52.3. The molecule has 0 fully saturated rings. The molecule has 0 saturated heterocycles. The molecule has 1 nitrogen and oxygen atoms in total. The van der Waals surface area contributed by atoms with E-state index in [1.807, 2.05) is 0 Å². The van der Waals surface area contributed by atoms with Crippen molar-refractivity contribution in [3.63, 3.8) is 0 Å². The predicted octanol–water partition coefficient (Wildman–Crippen LogP) is 4.71. The van der Waals surface area contributed by atoms with E-state index in [4.69, 9.17) is 0 Å². The Bertz CT molecular complexity index is 588. The largest absolute Gasteiger partial charge is 0.422 e. The molecular formula is C14H12F4OS. The molecule has 1 unspecified atom stereocenters. The fourth-order valence-corrected chi connectivity index (χ4v) is 3.08. The third kappa shape index (κ3) is 2.45. The van der Waals surface area contributed by atoms with Crippen LogP contribution in [0.15, 0.2) is 35.7 Å². The molecule has 0 radical (unpaired) electrons. The van der Waals surface area contributed by atoms with E-state index in [9.17, 15) is 22.7 Å². The van der Waals surface area contributed by atoms with E-state index < -0.39 is 24.0 Å². The lowest BCUT2D eigenvalue weighted by molar-refractivity contribution is -0.266. The van der Waals surface area contributed by atoms with Crippen LogP contribution in [-0.2, 0) is 5.60 Å². The lowest BCUT2D eigenvalue weighted by Gasteiger charge is -2.29. The number of rotatable bonds is 3. The first kappa shape index (κ1) is 15.0. The number of benzene rings is 1. The smallest absolute Gasteiger partial charge is 0.376 e. The monoisotopic (exact) mass is 304 g/mol. The highest BCUT2D eigenvalue weighted by atomic mass is 32.1. The summed E-state index contributed by atoms with van der Waals surface area (Å²) in [4.78, 5) is -0.167. The second-order valence-corrected chi connectivity index (χ2v) is 5.30. The Labute approximate surface area is 117 Å². The van der Waals surface area contributed by atoms with E-state index in [1.54, 1.807) is 0 Å². The first-order chi connectivity index (χ1) is 9.29. The molecule has 1 N–H and O–H groups in total. The Hall–Kier alpha value is -1.40. The molecule has 0 amide bonds. The molecule has 0 aliphatic heterocycles. The number of aliphatic hydroxyl groups is 1. The molecule has 6 heteroatoms. The maximum absolute atomic E-state index is 13.1. The SMILES string of the molecule is CCC(O)(c1sccc1-c1ccc(F)cc1)C(F)(F)F. The van der Waals surface area contributed by atoms with Gasteiger partial charge in [0.1, 0.15) is 5.82 Å². The van der Waals surface area contributed by atoms with Gasteiger partial charge in [-0.2, -0.15) is 13.2 Å². The zero-order chi connectivity index (χ0) is 15.0. The maximum Gasteiger partial charge on any atom is 0.422 e. The van der Waals surface area contributed by atoms with Crippen LogP contribution in [0.2, 0.25) is 0 Å². The van der Waals surface area contributed by atoms with Crippen molar-refractivity contribution in [3.05, 3.63) is 46.4 Å². The summed E-state index contributed by atoms with van der Waals surface area (Å²) in [5.74, 6) is -0.466. The van der Waals surface area contributed by atoms with Crippen LogP contribution in [0.4, 0.5) is 17.6 Å². The van der Waals surface area contributed by atoms with Crippen LogP contribution >= 0.6 is 11.3 Å². The molecular weight excluding hydrogens is 292 g/mol. The topological polar surface area (TPSA) is 20.2 Å². The van der Waals surface area contributed by atoms with Crippen molar-refractivity contribution in [1.82, 2.24) is 0 Å². The molecule has 0 aliphatic carbocycles. The lowest BCUT2D eigenvalue weighted by Crippen LogP contribution is -2.41. The summed E-state index contributed by atoms with van der Waals surface area (Å²) in [6, 6.07) is 6.64. The molecule has 108 valence electrons. The minimum absolute atomic E-state index is 0.167. The summed E-state index contributed by atoms with van der Waals surface area (Å²) in [5.41, 5.74) is -2.17. The molecule has 1 atom stereocenters. The van der Waals surface area contributed by atoms with E-state index in [-0.39, 0.29) is 10.4 Å². The van der Waals surface area contributed by atoms with Gasteiger partial charge in [-0.15, -0.1) is 11.3 Å². The number of hydrogen-bond donors (Lipinski definition) is 1. The van der Waals surface area contributed by atoms with Crippen molar-refractivity contribution in [3.8, 4) is 11.1 Å². The lowest BCUT2D eigenvalue weighted by atomic mass is 9.92. The third-order valence-corrected chi connectivity index (χ3v) is 4.24. The van der Waals surface area contributed by atoms with Gasteiger partial charge in [-0.05, 0) is 41.1 Å². The molecule has 20 heavy (non-hydrogen) atoms. The molecule has 1 aromatic carbocycles. The van der Waals surface area contributed by atoms with Crippen molar-refractivity contribution in [2.45, 2.75) is 25.1 Å². The zero-order valence-electron chi connectivity index (χ0n) is 10.5. The van der Waals surface area contributed by atoms with Crippen LogP contribution in [-0.4, -0.2) is 11.3 Å². The Balaban J connectivity index is 2.55. The standard InChI is InChI=1S/C14H12F4OS/c1-2-13(19,14(16,17)18)12-11(7-8-20-12)9-3-5-10(15)6-4-9/h3-8,19H,2H2,1H3. The van der Waals surface area contributed by atoms with Gasteiger partial charge in [0.25, 0.3) is 0 Å². The van der Waals surface area contributed by atoms with Crippen molar-refractivity contribution < 1.29 is 22.7 Å². The highest BCUT2D eigenvalue weighted by Gasteiger charge is 2.55. The fourth-order valence-electron chi connectivity index (χ4n) is 1.98. The Morgan fingerprint density at radius 2 is 1.70 bits per heavy atom. The minimum atomic E-state index is -4.76. The molecule has 1 aromatic heterocycles. The van der Waals surface area contributed by atoms with Crippen LogP contribution < -0.4 is 0 Å². The Morgan fingerprint density at radius 3 is 2.20 bits per heavy atom. The van der Waals surface area contributed by atoms with Crippen LogP contribution in [0.1, 0.15) is 18.2 Å². The number of halogens is 4. The highest BCUT2D eigenvalue weighted by Crippen LogP contribution is 2.47. The Morgan fingerprint density at radius 1 is 1.10 bits per heavy atom. The first-order valence-electron chi connectivity index (χ1n) is 5.92. The average Bonchev–Trinajstić information content (AvgIpc) is 2.87. The number of alkyl halides is 3. The number of thiophene rings is 1. The summed E-state index contributed by atoms with van der Waals surface area (Å²) in [6.07, 6.45) is -5.24. The summed E-state index contributed by atoms with van der Waals surface area (Å²) in [6.45, 7) is 1.28. The second-order valence-electron chi connectivity index (χ2n) is 4.38. The molecule has 0 bridgehead atoms. The van der Waals surface area contributed by atoms with Gasteiger partial charge in [-0.25, -0.2) is 4.39 Å². The summed E-state index contributed by atoms with van der Waals surface area (Å²) in [7, 11) is 0. The van der Waals surface area contributed by atoms with Crippen LogP contribution in [0.5, 0.6) is 0 Å². The van der Waals surface area contributed by atoms with Crippen LogP contribution in [0.25, 0.3) is 11.1 Å². The van der Waals surface area contributed by atoms with E-state index >= 15 is 0 Å². The van der Waals surface area contributed by atoms with Gasteiger partial charge in [0.05, 0.1) is 4.88 Å². The molecule has 0 spiro atoms. The molecule has 1 heterocycles. The molecule has 2 rings (SSSR count). The van der Waals surface area contributed by atoms with Crippen LogP contribution in [0, 0.1) is 5.82 Å². The van der Waals surface area contributed by atoms with E-state index in [2.05, 4.69) is 0 Å². The molecule has 0 saturated carbocycles. The maximum atomic E-state index is 13.1. The van der Waals surface area contributed by atoms with Gasteiger partial charge < -0.3 is 5.11 Å². The zero-order valence-corrected chi connectivity index (χ0v) is 11.4. The van der Waals surface area contributed by atoms with E-state index in [1.165, 1.54) is 42.6 Å². The normalized spacial score (nSPS) is 15.1. The molecule has 2 aromatic rings. The fraction of sp³-hybridized carbons (Fsp3) is 0.286. The second kappa shape index (κ2) is 5.18. The van der Waals surface area contributed by atoms with Crippen molar-refractivity contribution in [2.75, 3.05) is 0 Å². The predicted molar refractivity (Wildman–Crippen MR) is 70.0 cm³/mol. The van der Waals surface area contributed by atoms with Crippen molar-refractivity contribution >= 4 is 11.3 Å². The van der Waals surface area contributed by atoms with Gasteiger partial charge in [0.2, 0.25) is 0 Å². The van der Waals surface area contributed by atoms with Gasteiger partial charge in [0.15, 0.2) is 5.60 Å². The minimum Gasteiger partial charge on any atom is -0.376 e. The van der Waals surface area contributed by atoms with Crippen LogP contribution in [0.3, 0.4) is 0 Å². The summed E-state index contributed by atoms with van der Waals surface area (Å²) in [5, 5.41) is 11.5. The first-order valence-corrected chi connectivity index (χ1v) is 6.80. The van der Waals surface area contributed by atoms with Crippen molar-refractivity contribution in [1.29, 1.82) is 0 Å². The van der Waals surface area contributed by atoms with Gasteiger partial charge in [0, 0.05) is 0 Å². The van der Waals surface area contributed by atoms with Gasteiger partial charge >= 0.3 is 6.18 Å². The third-order valence-electron chi connectivity index (χ3n) is 3.18. The van der Waals surface area contributed by atoms with Gasteiger partial charge in [-0.3, -0.25) is 0 Å².